The quantitative estimate of drug-likeness (QED) is 0.530. The Hall–Kier alpha value is -0.273. The summed E-state index contributed by atoms with van der Waals surface area (Å²) in [6, 6.07) is 11.9. The standard InChI is InChI=1S/C15H25ClSi/c1-14(2,3)15(16,11-12-17(4)5)13-9-7-6-8-10-13/h6-10,17H,11-12H2,1-5H3. The van der Waals surface area contributed by atoms with Crippen molar-refractivity contribution in [3.63, 3.8) is 0 Å². The van der Waals surface area contributed by atoms with Crippen molar-refractivity contribution in [1.29, 1.82) is 0 Å². The van der Waals surface area contributed by atoms with Crippen LogP contribution in [0.4, 0.5) is 0 Å². The second kappa shape index (κ2) is 5.58. The average molecular weight is 269 g/mol. The molecule has 0 aliphatic rings. The minimum absolute atomic E-state index is 0.0825. The van der Waals surface area contributed by atoms with Gasteiger partial charge >= 0.3 is 0 Å². The van der Waals surface area contributed by atoms with Gasteiger partial charge in [0.15, 0.2) is 0 Å². The van der Waals surface area contributed by atoms with Crippen molar-refractivity contribution < 1.29 is 0 Å². The van der Waals surface area contributed by atoms with E-state index >= 15 is 0 Å². The first-order chi connectivity index (χ1) is 7.77. The Morgan fingerprint density at radius 1 is 1.06 bits per heavy atom. The van der Waals surface area contributed by atoms with Gasteiger partial charge in [-0.15, -0.1) is 11.6 Å². The maximum atomic E-state index is 7.01. The van der Waals surface area contributed by atoms with Crippen molar-refractivity contribution in [1.82, 2.24) is 0 Å². The fraction of sp³-hybridized carbons (Fsp3) is 0.600. The molecule has 17 heavy (non-hydrogen) atoms. The molecule has 0 spiro atoms. The van der Waals surface area contributed by atoms with Gasteiger partial charge < -0.3 is 0 Å². The van der Waals surface area contributed by atoms with E-state index in [0.717, 1.165) is 6.42 Å². The van der Waals surface area contributed by atoms with Crippen molar-refractivity contribution in [3.8, 4) is 0 Å². The van der Waals surface area contributed by atoms with E-state index in [1.54, 1.807) is 0 Å². The summed E-state index contributed by atoms with van der Waals surface area (Å²) in [6.45, 7) is 11.5. The molecule has 0 saturated carbocycles. The van der Waals surface area contributed by atoms with Gasteiger partial charge in [0.25, 0.3) is 0 Å². The molecule has 0 aliphatic heterocycles. The third kappa shape index (κ3) is 3.59. The van der Waals surface area contributed by atoms with E-state index in [4.69, 9.17) is 11.6 Å². The van der Waals surface area contributed by atoms with Gasteiger partial charge in [0, 0.05) is 8.80 Å². The fourth-order valence-corrected chi connectivity index (χ4v) is 3.57. The van der Waals surface area contributed by atoms with Crippen LogP contribution in [0.15, 0.2) is 30.3 Å². The molecule has 1 aromatic carbocycles. The Kier molecular flexibility index (Phi) is 4.85. The van der Waals surface area contributed by atoms with Crippen LogP contribution < -0.4 is 0 Å². The number of hydrogen-bond donors (Lipinski definition) is 0. The molecule has 0 saturated heterocycles. The van der Waals surface area contributed by atoms with E-state index in [1.807, 2.05) is 0 Å². The van der Waals surface area contributed by atoms with Crippen LogP contribution in [0.5, 0.6) is 0 Å². The summed E-state index contributed by atoms with van der Waals surface area (Å²) in [5.41, 5.74) is 1.35. The second-order valence-corrected chi connectivity index (χ2v) is 10.4. The third-order valence-corrected chi connectivity index (χ3v) is 5.90. The first-order valence-corrected chi connectivity index (χ1v) is 10.0. The Bertz CT molecular complexity index is 340. The van der Waals surface area contributed by atoms with Gasteiger partial charge in [-0.3, -0.25) is 0 Å². The molecule has 0 N–H and O–H groups in total. The van der Waals surface area contributed by atoms with Crippen molar-refractivity contribution in [3.05, 3.63) is 35.9 Å². The zero-order valence-corrected chi connectivity index (χ0v) is 13.7. The van der Waals surface area contributed by atoms with Crippen molar-refractivity contribution in [2.45, 2.75) is 51.2 Å². The monoisotopic (exact) mass is 268 g/mol. The molecule has 0 amide bonds. The molecule has 0 radical (unpaired) electrons. The van der Waals surface area contributed by atoms with Gasteiger partial charge in [-0.2, -0.15) is 0 Å². The summed E-state index contributed by atoms with van der Waals surface area (Å²) in [4.78, 5) is -0.231. The molecular weight excluding hydrogens is 244 g/mol. The minimum atomic E-state index is -0.550. The zero-order valence-electron chi connectivity index (χ0n) is 11.8. The van der Waals surface area contributed by atoms with Gasteiger partial charge in [0.05, 0.1) is 4.87 Å². The van der Waals surface area contributed by atoms with E-state index in [-0.39, 0.29) is 10.3 Å². The predicted octanol–water partition coefficient (Wildman–Crippen LogP) is 5.04. The molecule has 1 atom stereocenters. The second-order valence-electron chi connectivity index (χ2n) is 6.35. The lowest BCUT2D eigenvalue weighted by atomic mass is 9.74. The van der Waals surface area contributed by atoms with E-state index in [9.17, 15) is 0 Å². The lowest BCUT2D eigenvalue weighted by Crippen LogP contribution is -2.35. The highest BCUT2D eigenvalue weighted by atomic mass is 35.5. The SMILES string of the molecule is C[SiH](C)CCC(Cl)(c1ccccc1)C(C)(C)C. The number of benzene rings is 1. The summed E-state index contributed by atoms with van der Waals surface area (Å²) in [7, 11) is -0.550. The lowest BCUT2D eigenvalue weighted by molar-refractivity contribution is 0.267. The molecule has 0 fully saturated rings. The summed E-state index contributed by atoms with van der Waals surface area (Å²) >= 11 is 7.01. The molecule has 0 bridgehead atoms. The number of halogens is 1. The van der Waals surface area contributed by atoms with Gasteiger partial charge in [0.2, 0.25) is 0 Å². The van der Waals surface area contributed by atoms with Crippen LogP contribution in [0.1, 0.15) is 32.8 Å². The average Bonchev–Trinajstić information content (AvgIpc) is 2.25. The molecule has 96 valence electrons. The van der Waals surface area contributed by atoms with Crippen LogP contribution in [-0.2, 0) is 4.87 Å². The maximum absolute atomic E-state index is 7.01. The first kappa shape index (κ1) is 14.8. The first-order valence-electron chi connectivity index (χ1n) is 6.52. The van der Waals surface area contributed by atoms with E-state index in [0.29, 0.717) is 0 Å². The third-order valence-electron chi connectivity index (χ3n) is 3.49. The largest absolute Gasteiger partial charge is 0.114 e. The molecule has 1 unspecified atom stereocenters. The number of rotatable bonds is 4. The van der Waals surface area contributed by atoms with Crippen LogP contribution in [0.25, 0.3) is 0 Å². The van der Waals surface area contributed by atoms with Gasteiger partial charge in [-0.1, -0.05) is 70.2 Å². The summed E-state index contributed by atoms with van der Waals surface area (Å²) < 4.78 is 0. The van der Waals surface area contributed by atoms with Gasteiger partial charge in [-0.05, 0) is 17.4 Å². The summed E-state index contributed by atoms with van der Waals surface area (Å²) in [5, 5.41) is 0. The van der Waals surface area contributed by atoms with E-state index in [2.05, 4.69) is 64.2 Å². The Morgan fingerprint density at radius 3 is 2.00 bits per heavy atom. The molecule has 0 heterocycles. The van der Waals surface area contributed by atoms with Crippen LogP contribution in [0.3, 0.4) is 0 Å². The highest BCUT2D eigenvalue weighted by molar-refractivity contribution is 6.55. The topological polar surface area (TPSA) is 0 Å². The van der Waals surface area contributed by atoms with E-state index in [1.165, 1.54) is 11.6 Å². The summed E-state index contributed by atoms with van der Waals surface area (Å²) in [6.07, 6.45) is 1.09. The minimum Gasteiger partial charge on any atom is -0.114 e. The van der Waals surface area contributed by atoms with Crippen molar-refractivity contribution >= 4 is 20.4 Å². The number of hydrogen-bond acceptors (Lipinski definition) is 0. The Morgan fingerprint density at radius 2 is 1.59 bits per heavy atom. The smallest absolute Gasteiger partial charge is 0.0740 e. The van der Waals surface area contributed by atoms with Gasteiger partial charge in [-0.25, -0.2) is 0 Å². The van der Waals surface area contributed by atoms with Crippen LogP contribution in [0.2, 0.25) is 19.1 Å². The molecule has 0 aromatic heterocycles. The fourth-order valence-electron chi connectivity index (χ4n) is 2.14. The van der Waals surface area contributed by atoms with Crippen LogP contribution in [0, 0.1) is 5.41 Å². The molecule has 2 heteroatoms. The molecular formula is C15H25ClSi. The van der Waals surface area contributed by atoms with Gasteiger partial charge in [0.1, 0.15) is 0 Å². The molecule has 0 nitrogen and oxygen atoms in total. The van der Waals surface area contributed by atoms with Crippen LogP contribution >= 0.6 is 11.6 Å². The Balaban J connectivity index is 3.03. The Labute approximate surface area is 113 Å². The van der Waals surface area contributed by atoms with E-state index < -0.39 is 8.80 Å². The lowest BCUT2D eigenvalue weighted by Gasteiger charge is -2.40. The summed E-state index contributed by atoms with van der Waals surface area (Å²) in [5.74, 6) is 0. The van der Waals surface area contributed by atoms with Crippen molar-refractivity contribution in [2.24, 2.45) is 5.41 Å². The predicted molar refractivity (Wildman–Crippen MR) is 81.7 cm³/mol. The highest BCUT2D eigenvalue weighted by Crippen LogP contribution is 2.48. The highest BCUT2D eigenvalue weighted by Gasteiger charge is 2.41. The van der Waals surface area contributed by atoms with Crippen molar-refractivity contribution in [2.75, 3.05) is 0 Å². The molecule has 1 rings (SSSR count). The van der Waals surface area contributed by atoms with Crippen LogP contribution in [-0.4, -0.2) is 8.80 Å². The normalized spacial score (nSPS) is 15.9. The maximum Gasteiger partial charge on any atom is 0.0740 e. The number of alkyl halides is 1. The molecule has 1 aromatic rings. The zero-order chi connectivity index (χ0) is 13.1. The molecule has 0 aliphatic carbocycles.